The van der Waals surface area contributed by atoms with Crippen LogP contribution in [0.2, 0.25) is 0 Å². The van der Waals surface area contributed by atoms with Crippen LogP contribution in [-0.4, -0.2) is 42.2 Å². The van der Waals surface area contributed by atoms with Gasteiger partial charge in [-0.15, -0.1) is 11.8 Å². The van der Waals surface area contributed by atoms with Gasteiger partial charge in [-0.25, -0.2) is 0 Å². The number of hydrogen-bond acceptors (Lipinski definition) is 3. The molecule has 2 aliphatic rings. The second-order valence-electron chi connectivity index (χ2n) is 8.55. The Morgan fingerprint density at radius 1 is 1.35 bits per heavy atom. The van der Waals surface area contributed by atoms with Gasteiger partial charge in [0.15, 0.2) is 0 Å². The first-order chi connectivity index (χ1) is 12.4. The molecule has 2 saturated heterocycles. The van der Waals surface area contributed by atoms with Crippen LogP contribution in [0.5, 0.6) is 0 Å². The molecule has 3 nitrogen and oxygen atoms in total. The summed E-state index contributed by atoms with van der Waals surface area (Å²) < 4.78 is 0. The zero-order valence-electron chi connectivity index (χ0n) is 16.8. The fraction of sp³-hybridized carbons (Fsp3) is 0.682. The second-order valence-corrected chi connectivity index (χ2v) is 10.2. The lowest BCUT2D eigenvalue weighted by molar-refractivity contribution is 0.0427. The molecule has 1 atom stereocenters. The Morgan fingerprint density at radius 2 is 2.08 bits per heavy atom. The Balaban J connectivity index is 1.62. The number of amides is 1. The summed E-state index contributed by atoms with van der Waals surface area (Å²) in [5.41, 5.74) is 2.48. The highest BCUT2D eigenvalue weighted by atomic mass is 32.2. The maximum absolute atomic E-state index is 13.0. The highest BCUT2D eigenvalue weighted by Gasteiger charge is 2.39. The van der Waals surface area contributed by atoms with E-state index in [0.717, 1.165) is 44.0 Å². The van der Waals surface area contributed by atoms with Gasteiger partial charge in [0.25, 0.3) is 5.91 Å². The maximum atomic E-state index is 13.0. The van der Waals surface area contributed by atoms with Gasteiger partial charge in [-0.3, -0.25) is 4.79 Å². The summed E-state index contributed by atoms with van der Waals surface area (Å²) in [5.74, 6) is 1.01. The number of likely N-dealkylation sites (tertiary alicyclic amines) is 1. The quantitative estimate of drug-likeness (QED) is 0.773. The molecule has 1 aromatic rings. The minimum atomic E-state index is 0.208. The lowest BCUT2D eigenvalue weighted by Crippen LogP contribution is -2.51. The topological polar surface area (TPSA) is 32.3 Å². The molecule has 1 amide bonds. The van der Waals surface area contributed by atoms with Crippen LogP contribution in [0.1, 0.15) is 62.4 Å². The van der Waals surface area contributed by atoms with E-state index < -0.39 is 0 Å². The molecule has 3 rings (SSSR count). The number of piperidine rings is 2. The van der Waals surface area contributed by atoms with Gasteiger partial charge in [0, 0.05) is 35.3 Å². The Kier molecular flexibility index (Phi) is 6.34. The van der Waals surface area contributed by atoms with Crippen LogP contribution in [0.4, 0.5) is 0 Å². The average molecular weight is 375 g/mol. The molecule has 0 radical (unpaired) electrons. The van der Waals surface area contributed by atoms with Crippen LogP contribution in [0.25, 0.3) is 0 Å². The average Bonchev–Trinajstić information content (AvgIpc) is 2.63. The number of aryl methyl sites for hydroxylation is 1. The zero-order valence-corrected chi connectivity index (χ0v) is 17.6. The SMILES string of the molecule is CCC1CNCC2(CCN(C(=O)c3ccc(SC(C)C)c(C)c3)CC2)C1. The predicted octanol–water partition coefficient (Wildman–Crippen LogP) is 4.74. The predicted molar refractivity (Wildman–Crippen MR) is 111 cm³/mol. The monoisotopic (exact) mass is 374 g/mol. The zero-order chi connectivity index (χ0) is 18.7. The molecule has 0 aromatic heterocycles. The number of carbonyl (C=O) groups is 1. The number of hydrogen-bond donors (Lipinski definition) is 1. The Bertz CT molecular complexity index is 635. The number of nitrogens with one attached hydrogen (secondary N) is 1. The van der Waals surface area contributed by atoms with E-state index in [1.165, 1.54) is 29.8 Å². The second kappa shape index (κ2) is 8.35. The standard InChI is InChI=1S/C22H34N2OS/c1-5-18-13-22(15-23-14-18)8-10-24(11-9-22)21(25)19-6-7-20(17(4)12-19)26-16(2)3/h6-7,12,16,18,23H,5,8-11,13-15H2,1-4H3. The number of nitrogens with zero attached hydrogens (tertiary/aromatic N) is 1. The van der Waals surface area contributed by atoms with Crippen molar-refractivity contribution in [3.63, 3.8) is 0 Å². The smallest absolute Gasteiger partial charge is 0.253 e. The van der Waals surface area contributed by atoms with Crippen molar-refractivity contribution in [2.75, 3.05) is 26.2 Å². The third kappa shape index (κ3) is 4.45. The molecule has 0 saturated carbocycles. The molecule has 144 valence electrons. The van der Waals surface area contributed by atoms with Crippen molar-refractivity contribution in [2.45, 2.75) is 63.5 Å². The lowest BCUT2D eigenvalue weighted by Gasteiger charge is -2.46. The molecule has 2 heterocycles. The number of carbonyl (C=O) groups excluding carboxylic acids is 1. The van der Waals surface area contributed by atoms with Crippen molar-refractivity contribution < 1.29 is 4.79 Å². The van der Waals surface area contributed by atoms with Crippen LogP contribution in [0, 0.1) is 18.3 Å². The van der Waals surface area contributed by atoms with Gasteiger partial charge in [-0.1, -0.05) is 27.2 Å². The Labute approximate surface area is 163 Å². The Hall–Kier alpha value is -1.00. The largest absolute Gasteiger partial charge is 0.339 e. The van der Waals surface area contributed by atoms with E-state index in [-0.39, 0.29) is 5.91 Å². The maximum Gasteiger partial charge on any atom is 0.253 e. The van der Waals surface area contributed by atoms with Gasteiger partial charge in [0.1, 0.15) is 0 Å². The van der Waals surface area contributed by atoms with E-state index in [2.05, 4.69) is 50.0 Å². The molecule has 4 heteroatoms. The van der Waals surface area contributed by atoms with Gasteiger partial charge in [0.2, 0.25) is 0 Å². The number of rotatable bonds is 4. The first-order valence-corrected chi connectivity index (χ1v) is 11.1. The molecular formula is C22H34N2OS. The molecule has 0 aliphatic carbocycles. The van der Waals surface area contributed by atoms with E-state index in [1.54, 1.807) is 0 Å². The van der Waals surface area contributed by atoms with Crippen molar-refractivity contribution in [3.05, 3.63) is 29.3 Å². The first kappa shape index (κ1) is 19.8. The summed E-state index contributed by atoms with van der Waals surface area (Å²) in [5, 5.41) is 4.21. The fourth-order valence-corrected chi connectivity index (χ4v) is 5.40. The van der Waals surface area contributed by atoms with Crippen molar-refractivity contribution >= 4 is 17.7 Å². The summed E-state index contributed by atoms with van der Waals surface area (Å²) in [6, 6.07) is 6.21. The van der Waals surface area contributed by atoms with Gasteiger partial charge < -0.3 is 10.2 Å². The van der Waals surface area contributed by atoms with E-state index in [1.807, 2.05) is 17.8 Å². The summed E-state index contributed by atoms with van der Waals surface area (Å²) >= 11 is 1.87. The highest BCUT2D eigenvalue weighted by molar-refractivity contribution is 8.00. The van der Waals surface area contributed by atoms with Crippen LogP contribution >= 0.6 is 11.8 Å². The van der Waals surface area contributed by atoms with Crippen molar-refractivity contribution in [3.8, 4) is 0 Å². The van der Waals surface area contributed by atoms with Crippen LogP contribution in [-0.2, 0) is 0 Å². The molecule has 1 unspecified atom stereocenters. The third-order valence-electron chi connectivity index (χ3n) is 6.13. The minimum Gasteiger partial charge on any atom is -0.339 e. The lowest BCUT2D eigenvalue weighted by atomic mass is 9.69. The van der Waals surface area contributed by atoms with Gasteiger partial charge in [-0.05, 0) is 67.8 Å². The Morgan fingerprint density at radius 3 is 2.69 bits per heavy atom. The van der Waals surface area contributed by atoms with Gasteiger partial charge in [-0.2, -0.15) is 0 Å². The summed E-state index contributed by atoms with van der Waals surface area (Å²) in [4.78, 5) is 16.3. The van der Waals surface area contributed by atoms with E-state index in [4.69, 9.17) is 0 Å². The summed E-state index contributed by atoms with van der Waals surface area (Å²) in [6.45, 7) is 12.9. The van der Waals surface area contributed by atoms with Gasteiger partial charge in [0.05, 0.1) is 0 Å². The molecule has 1 aromatic carbocycles. The first-order valence-electron chi connectivity index (χ1n) is 10.2. The minimum absolute atomic E-state index is 0.208. The summed E-state index contributed by atoms with van der Waals surface area (Å²) in [7, 11) is 0. The number of thioether (sulfide) groups is 1. The molecule has 0 bridgehead atoms. The van der Waals surface area contributed by atoms with Crippen LogP contribution in [0.15, 0.2) is 23.1 Å². The fourth-order valence-electron chi connectivity index (χ4n) is 4.50. The molecule has 2 aliphatic heterocycles. The molecular weight excluding hydrogens is 340 g/mol. The van der Waals surface area contributed by atoms with Crippen LogP contribution in [0.3, 0.4) is 0 Å². The highest BCUT2D eigenvalue weighted by Crippen LogP contribution is 2.40. The summed E-state index contributed by atoms with van der Waals surface area (Å²) in [6.07, 6.45) is 4.88. The van der Waals surface area contributed by atoms with Gasteiger partial charge >= 0.3 is 0 Å². The van der Waals surface area contributed by atoms with Crippen molar-refractivity contribution in [2.24, 2.45) is 11.3 Å². The van der Waals surface area contributed by atoms with Crippen molar-refractivity contribution in [1.82, 2.24) is 10.2 Å². The normalized spacial score (nSPS) is 22.8. The van der Waals surface area contributed by atoms with Crippen molar-refractivity contribution in [1.29, 1.82) is 0 Å². The van der Waals surface area contributed by atoms with E-state index >= 15 is 0 Å². The molecule has 2 fully saturated rings. The van der Waals surface area contributed by atoms with Crippen LogP contribution < -0.4 is 5.32 Å². The number of benzene rings is 1. The molecule has 26 heavy (non-hydrogen) atoms. The molecule has 1 N–H and O–H groups in total. The van der Waals surface area contributed by atoms with E-state index in [0.29, 0.717) is 10.7 Å². The van der Waals surface area contributed by atoms with E-state index in [9.17, 15) is 4.79 Å². The third-order valence-corrected chi connectivity index (χ3v) is 7.31. The molecule has 1 spiro atoms.